The van der Waals surface area contributed by atoms with Crippen LogP contribution in [0.3, 0.4) is 0 Å². The van der Waals surface area contributed by atoms with Gasteiger partial charge in [-0.05, 0) is 49.7 Å². The van der Waals surface area contributed by atoms with E-state index in [0.717, 1.165) is 17.1 Å². The van der Waals surface area contributed by atoms with Crippen molar-refractivity contribution in [1.29, 1.82) is 0 Å². The zero-order valence-corrected chi connectivity index (χ0v) is 35.0. The van der Waals surface area contributed by atoms with Gasteiger partial charge in [-0.15, -0.1) is 17.9 Å². The number of alkyl halides is 1. The van der Waals surface area contributed by atoms with Crippen LogP contribution in [0, 0.1) is 23.7 Å². The molecule has 4 N–H and O–H groups in total. The Balaban J connectivity index is 1.51. The van der Waals surface area contributed by atoms with Crippen molar-refractivity contribution in [1.82, 2.24) is 25.5 Å². The van der Waals surface area contributed by atoms with Crippen LogP contribution < -0.4 is 25.4 Å². The summed E-state index contributed by atoms with van der Waals surface area (Å²) in [7, 11) is 1.58. The molecule has 0 bridgehead atoms. The van der Waals surface area contributed by atoms with Crippen LogP contribution in [0.15, 0.2) is 36.2 Å². The number of aromatic nitrogens is 2. The van der Waals surface area contributed by atoms with Crippen LogP contribution in [0.5, 0.6) is 11.5 Å². The number of carbonyl (C=O) groups excluding carboxylic acids is 3. The molecule has 5 rings (SSSR count). The summed E-state index contributed by atoms with van der Waals surface area (Å²) in [4.78, 5) is 64.7. The fraction of sp³-hybridized carbons (Fsp3) is 0.561. The largest absolute Gasteiger partial charge is 0.496 e. The maximum atomic E-state index is 14.4. The highest BCUT2D eigenvalue weighted by atomic mass is 32.1. The molecule has 0 radical (unpaired) electrons. The third-order valence-corrected chi connectivity index (χ3v) is 11.0. The van der Waals surface area contributed by atoms with Crippen LogP contribution in [-0.4, -0.2) is 101 Å². The first-order valence-corrected chi connectivity index (χ1v) is 19.9. The van der Waals surface area contributed by atoms with Crippen molar-refractivity contribution in [2.75, 3.05) is 32.3 Å². The number of nitrogens with one attached hydrogen (secondary N) is 3. The summed E-state index contributed by atoms with van der Waals surface area (Å²) < 4.78 is 30.0. The Morgan fingerprint density at radius 2 is 1.86 bits per heavy atom. The first-order valence-electron chi connectivity index (χ1n) is 19.1. The molecule has 16 heteroatoms. The first-order chi connectivity index (χ1) is 26.7. The molecule has 1 saturated heterocycles. The average molecular weight is 811 g/mol. The average Bonchev–Trinajstić information content (AvgIpc) is 3.40. The Hall–Kier alpha value is -4.99. The van der Waals surface area contributed by atoms with Crippen molar-refractivity contribution in [3.05, 3.63) is 41.8 Å². The number of fused-ring (bicyclic) bond motifs is 1. The third kappa shape index (κ3) is 9.77. The molecule has 3 amide bonds. The number of benzene rings is 1. The number of aryl methyl sites for hydroxylation is 1. The number of pyridine rings is 1. The fourth-order valence-electron chi connectivity index (χ4n) is 7.45. The lowest BCUT2D eigenvalue weighted by Crippen LogP contribution is -2.59. The van der Waals surface area contributed by atoms with E-state index in [-0.39, 0.29) is 30.8 Å². The number of halogens is 1. The van der Waals surface area contributed by atoms with Crippen LogP contribution in [0.4, 0.5) is 14.3 Å². The molecule has 2 aliphatic rings. The molecule has 2 aromatic heterocycles. The van der Waals surface area contributed by atoms with E-state index in [1.807, 2.05) is 24.4 Å². The standard InChI is InChI=1S/C41H55FN6O8S/c1-11-24-19-41(24,36(51)52)47-34(49)29-16-25(20-48(29)35(50)33(40(7,8)9)46-38(53)55-15-14-42)56-31-17-27(44-32-23(3)30(54-10)13-12-26(31)32)28-21-57-37(45-28)43-22(2)18-39(4,5)6/h11-13,17,21-22,24-25,29,33H,1,14-16,18-20H2,2-10H3,(H,43,45)(H,46,53)(H,47,49)(H,51,52)/t22?,24-,25-,29+,33-,41-/m1/s1. The van der Waals surface area contributed by atoms with Gasteiger partial charge in [0.05, 0.1) is 24.9 Å². The predicted octanol–water partition coefficient (Wildman–Crippen LogP) is 6.52. The lowest BCUT2D eigenvalue weighted by atomic mass is 9.85. The third-order valence-electron chi connectivity index (χ3n) is 10.3. The predicted molar refractivity (Wildman–Crippen MR) is 216 cm³/mol. The Morgan fingerprint density at radius 1 is 1.14 bits per heavy atom. The zero-order valence-electron chi connectivity index (χ0n) is 34.2. The van der Waals surface area contributed by atoms with Crippen molar-refractivity contribution < 1.29 is 42.9 Å². The molecule has 1 aromatic carbocycles. The number of hydrogen-bond acceptors (Lipinski definition) is 11. The summed E-state index contributed by atoms with van der Waals surface area (Å²) in [5.41, 5.74) is 0.248. The van der Waals surface area contributed by atoms with Crippen molar-refractivity contribution >= 4 is 51.2 Å². The Kier molecular flexibility index (Phi) is 12.8. The van der Waals surface area contributed by atoms with Crippen molar-refractivity contribution in [2.45, 2.75) is 104 Å². The van der Waals surface area contributed by atoms with E-state index >= 15 is 0 Å². The maximum absolute atomic E-state index is 14.4. The SMILES string of the molecule is C=C[C@@H]1C[C@]1(NC(=O)[C@@H]1C[C@@H](Oc2cc(-c3csc(NC(C)CC(C)(C)C)n3)nc3c(C)c(OC)ccc23)CN1C(=O)[C@@H](NC(=O)OCCF)C(C)(C)C)C(=O)O. The monoisotopic (exact) mass is 810 g/mol. The van der Waals surface area contributed by atoms with Crippen LogP contribution >= 0.6 is 11.3 Å². The van der Waals surface area contributed by atoms with E-state index < -0.39 is 72.2 Å². The van der Waals surface area contributed by atoms with Gasteiger partial charge in [0.15, 0.2) is 5.13 Å². The van der Waals surface area contributed by atoms with Gasteiger partial charge < -0.3 is 40.2 Å². The quantitative estimate of drug-likeness (QED) is 0.123. The number of ether oxygens (including phenoxy) is 3. The van der Waals surface area contributed by atoms with Gasteiger partial charge in [0.25, 0.3) is 0 Å². The molecule has 1 unspecified atom stereocenters. The van der Waals surface area contributed by atoms with Crippen LogP contribution in [-0.2, 0) is 19.1 Å². The van der Waals surface area contributed by atoms with Crippen LogP contribution in [0.2, 0.25) is 0 Å². The number of aliphatic carboxylic acids is 1. The molecule has 57 heavy (non-hydrogen) atoms. The molecule has 310 valence electrons. The smallest absolute Gasteiger partial charge is 0.407 e. The van der Waals surface area contributed by atoms with Gasteiger partial charge in [0.1, 0.15) is 54.2 Å². The topological polar surface area (TPSA) is 181 Å². The van der Waals surface area contributed by atoms with E-state index in [1.54, 1.807) is 33.9 Å². The number of likely N-dealkylation sites (tertiary alicyclic amines) is 1. The number of methoxy groups -OCH3 is 1. The number of nitrogens with zero attached hydrogens (tertiary/aromatic N) is 3. The molecule has 6 atom stereocenters. The van der Waals surface area contributed by atoms with Crippen molar-refractivity contribution in [3.63, 3.8) is 0 Å². The van der Waals surface area contributed by atoms with E-state index in [0.29, 0.717) is 33.8 Å². The second-order valence-corrected chi connectivity index (χ2v) is 18.1. The molecule has 1 aliphatic heterocycles. The minimum Gasteiger partial charge on any atom is -0.496 e. The summed E-state index contributed by atoms with van der Waals surface area (Å²) in [6, 6.07) is 3.24. The number of carbonyl (C=O) groups is 4. The summed E-state index contributed by atoms with van der Waals surface area (Å²) in [5, 5.41) is 22.1. The Labute approximate surface area is 336 Å². The molecule has 2 fully saturated rings. The summed E-state index contributed by atoms with van der Waals surface area (Å²) in [5.74, 6) is -1.94. The minimum atomic E-state index is -1.55. The number of amides is 3. The van der Waals surface area contributed by atoms with E-state index in [1.165, 1.54) is 22.3 Å². The van der Waals surface area contributed by atoms with E-state index in [4.69, 9.17) is 24.2 Å². The van der Waals surface area contributed by atoms with E-state index in [2.05, 4.69) is 50.2 Å². The number of carboxylic acid groups (broad SMARTS) is 1. The first kappa shape index (κ1) is 43.1. The highest BCUT2D eigenvalue weighted by Crippen LogP contribution is 2.45. The molecular formula is C41H55FN6O8S. The molecule has 14 nitrogen and oxygen atoms in total. The van der Waals surface area contributed by atoms with Crippen LogP contribution in [0.1, 0.15) is 73.3 Å². The highest BCUT2D eigenvalue weighted by Gasteiger charge is 2.61. The molecular weight excluding hydrogens is 756 g/mol. The van der Waals surface area contributed by atoms with Crippen LogP contribution in [0.25, 0.3) is 22.3 Å². The Bertz CT molecular complexity index is 2010. The summed E-state index contributed by atoms with van der Waals surface area (Å²) in [6.07, 6.45) is 0.830. The van der Waals surface area contributed by atoms with Gasteiger partial charge in [-0.3, -0.25) is 9.59 Å². The number of thiazole rings is 1. The number of hydrogen-bond donors (Lipinski definition) is 4. The Morgan fingerprint density at radius 3 is 2.46 bits per heavy atom. The van der Waals surface area contributed by atoms with Gasteiger partial charge in [0, 0.05) is 40.8 Å². The normalized spacial score (nSPS) is 21.6. The van der Waals surface area contributed by atoms with Crippen molar-refractivity contribution in [3.8, 4) is 22.9 Å². The second kappa shape index (κ2) is 16.9. The molecule has 1 aliphatic carbocycles. The number of alkyl carbamates (subject to hydrolysis) is 1. The fourth-order valence-corrected chi connectivity index (χ4v) is 8.26. The second-order valence-electron chi connectivity index (χ2n) is 17.2. The van der Waals surface area contributed by atoms with Gasteiger partial charge in [-0.2, -0.15) is 0 Å². The van der Waals surface area contributed by atoms with Gasteiger partial charge >= 0.3 is 12.1 Å². The molecule has 0 spiro atoms. The molecule has 1 saturated carbocycles. The number of anilines is 1. The lowest BCUT2D eigenvalue weighted by molar-refractivity contribution is -0.146. The molecule has 3 heterocycles. The number of rotatable bonds is 15. The summed E-state index contributed by atoms with van der Waals surface area (Å²) >= 11 is 1.47. The summed E-state index contributed by atoms with van der Waals surface area (Å²) in [6.45, 7) is 18.0. The molecule has 3 aromatic rings. The highest BCUT2D eigenvalue weighted by molar-refractivity contribution is 7.14. The zero-order chi connectivity index (χ0) is 42.0. The number of carboxylic acids is 1. The minimum absolute atomic E-state index is 0.0000896. The lowest BCUT2D eigenvalue weighted by Gasteiger charge is -2.35. The maximum Gasteiger partial charge on any atom is 0.407 e. The van der Waals surface area contributed by atoms with Crippen molar-refractivity contribution in [2.24, 2.45) is 16.7 Å². The van der Waals surface area contributed by atoms with E-state index in [9.17, 15) is 28.7 Å². The van der Waals surface area contributed by atoms with Gasteiger partial charge in [-0.25, -0.2) is 23.9 Å². The van der Waals surface area contributed by atoms with Gasteiger partial charge in [-0.1, -0.05) is 47.6 Å². The van der Waals surface area contributed by atoms with Gasteiger partial charge in [0.2, 0.25) is 11.8 Å².